The Morgan fingerprint density at radius 2 is 2.25 bits per heavy atom. The lowest BCUT2D eigenvalue weighted by atomic mass is 10.1. The molecule has 0 saturated carbocycles. The molecule has 1 atom stereocenters. The van der Waals surface area contributed by atoms with E-state index in [4.69, 9.17) is 11.6 Å². The van der Waals surface area contributed by atoms with Crippen molar-refractivity contribution in [3.05, 3.63) is 47.5 Å². The first kappa shape index (κ1) is 16.6. The van der Waals surface area contributed by atoms with Gasteiger partial charge in [-0.3, -0.25) is 0 Å². The van der Waals surface area contributed by atoms with E-state index < -0.39 is 0 Å². The summed E-state index contributed by atoms with van der Waals surface area (Å²) in [7, 11) is 1.91. The van der Waals surface area contributed by atoms with Crippen LogP contribution >= 0.6 is 11.6 Å². The summed E-state index contributed by atoms with van der Waals surface area (Å²) in [6, 6.07) is 7.77. The number of imidazole rings is 1. The molecule has 1 aromatic carbocycles. The van der Waals surface area contributed by atoms with Crippen LogP contribution in [0.5, 0.6) is 0 Å². The van der Waals surface area contributed by atoms with Crippen LogP contribution in [0.25, 0.3) is 0 Å². The molecule has 2 N–H and O–H groups in total. The molecule has 0 bridgehead atoms. The van der Waals surface area contributed by atoms with Gasteiger partial charge in [-0.25, -0.2) is 9.78 Å². The molecule has 1 aromatic heterocycles. The third-order valence-corrected chi connectivity index (χ3v) is 4.60. The van der Waals surface area contributed by atoms with Crippen LogP contribution in [0.15, 0.2) is 36.7 Å². The van der Waals surface area contributed by atoms with Crippen molar-refractivity contribution >= 4 is 23.3 Å². The van der Waals surface area contributed by atoms with Gasteiger partial charge in [-0.2, -0.15) is 0 Å². The fourth-order valence-corrected chi connectivity index (χ4v) is 3.24. The normalized spacial score (nSPS) is 17.6. The number of carbonyl (C=O) groups is 1. The second kappa shape index (κ2) is 7.57. The molecule has 24 heavy (non-hydrogen) atoms. The van der Waals surface area contributed by atoms with Gasteiger partial charge in [-0.1, -0.05) is 23.7 Å². The van der Waals surface area contributed by atoms with E-state index >= 15 is 0 Å². The first-order chi connectivity index (χ1) is 11.6. The van der Waals surface area contributed by atoms with Crippen molar-refractivity contribution in [1.29, 1.82) is 0 Å². The molecule has 6 nitrogen and oxygen atoms in total. The van der Waals surface area contributed by atoms with Gasteiger partial charge in [0.15, 0.2) is 0 Å². The van der Waals surface area contributed by atoms with Crippen LogP contribution in [-0.2, 0) is 13.6 Å². The zero-order valence-corrected chi connectivity index (χ0v) is 14.5. The van der Waals surface area contributed by atoms with Gasteiger partial charge >= 0.3 is 6.03 Å². The predicted molar refractivity (Wildman–Crippen MR) is 95.3 cm³/mol. The van der Waals surface area contributed by atoms with Gasteiger partial charge in [-0.05, 0) is 25.0 Å². The number of nitrogens with one attached hydrogen (secondary N) is 2. The van der Waals surface area contributed by atoms with Gasteiger partial charge in [0.05, 0.1) is 17.3 Å². The maximum absolute atomic E-state index is 12.1. The number of para-hydroxylation sites is 1. The highest BCUT2D eigenvalue weighted by atomic mass is 35.5. The van der Waals surface area contributed by atoms with Gasteiger partial charge in [-0.15, -0.1) is 0 Å². The standard InChI is InChI=1S/C17H22ClN5O/c1-22-10-8-19-16(22)11-20-17(24)21-13-5-4-9-23(12-13)15-7-3-2-6-14(15)18/h2-3,6-8,10,13H,4-5,9,11-12H2,1H3,(H2,20,21,24)/t13-/m1/s1. The zero-order chi connectivity index (χ0) is 16.9. The van der Waals surface area contributed by atoms with E-state index in [0.29, 0.717) is 6.54 Å². The summed E-state index contributed by atoms with van der Waals surface area (Å²) < 4.78 is 1.89. The van der Waals surface area contributed by atoms with E-state index in [9.17, 15) is 4.79 Å². The lowest BCUT2D eigenvalue weighted by molar-refractivity contribution is 0.234. The largest absolute Gasteiger partial charge is 0.368 e. The van der Waals surface area contributed by atoms with Crippen molar-refractivity contribution in [1.82, 2.24) is 20.2 Å². The molecule has 2 amide bonds. The number of aryl methyl sites for hydroxylation is 1. The van der Waals surface area contributed by atoms with Crippen molar-refractivity contribution < 1.29 is 4.79 Å². The summed E-state index contributed by atoms with van der Waals surface area (Å²) >= 11 is 6.28. The van der Waals surface area contributed by atoms with Crippen LogP contribution in [0.1, 0.15) is 18.7 Å². The average Bonchev–Trinajstić information content (AvgIpc) is 2.99. The minimum Gasteiger partial charge on any atom is -0.368 e. The van der Waals surface area contributed by atoms with Crippen LogP contribution in [0.3, 0.4) is 0 Å². The number of benzene rings is 1. The third-order valence-electron chi connectivity index (χ3n) is 4.28. The summed E-state index contributed by atoms with van der Waals surface area (Å²) in [6.07, 6.45) is 5.57. The summed E-state index contributed by atoms with van der Waals surface area (Å²) in [6.45, 7) is 2.13. The van der Waals surface area contributed by atoms with Crippen LogP contribution in [0.4, 0.5) is 10.5 Å². The molecule has 0 spiro atoms. The first-order valence-corrected chi connectivity index (χ1v) is 8.51. The van der Waals surface area contributed by atoms with Crippen molar-refractivity contribution in [2.24, 2.45) is 7.05 Å². The Morgan fingerprint density at radius 1 is 1.42 bits per heavy atom. The Bertz CT molecular complexity index is 702. The molecule has 0 radical (unpaired) electrons. The van der Waals surface area contributed by atoms with Crippen molar-refractivity contribution in [2.75, 3.05) is 18.0 Å². The van der Waals surface area contributed by atoms with E-state index in [0.717, 1.165) is 42.5 Å². The lowest BCUT2D eigenvalue weighted by Gasteiger charge is -2.35. The summed E-state index contributed by atoms with van der Waals surface area (Å²) in [5.41, 5.74) is 1.03. The Morgan fingerprint density at radius 3 is 3.00 bits per heavy atom. The summed E-state index contributed by atoms with van der Waals surface area (Å²) in [4.78, 5) is 18.5. The number of piperidine rings is 1. The number of carbonyl (C=O) groups excluding carboxylic acids is 1. The molecular formula is C17H22ClN5O. The summed E-state index contributed by atoms with van der Waals surface area (Å²) in [5.74, 6) is 0.825. The molecule has 1 fully saturated rings. The smallest absolute Gasteiger partial charge is 0.315 e. The van der Waals surface area contributed by atoms with E-state index in [1.807, 2.05) is 42.1 Å². The number of hydrogen-bond donors (Lipinski definition) is 2. The molecular weight excluding hydrogens is 326 g/mol. The fraction of sp³-hybridized carbons (Fsp3) is 0.412. The fourth-order valence-electron chi connectivity index (χ4n) is 2.98. The highest BCUT2D eigenvalue weighted by Gasteiger charge is 2.22. The average molecular weight is 348 g/mol. The number of hydrogen-bond acceptors (Lipinski definition) is 3. The van der Waals surface area contributed by atoms with Gasteiger partial charge < -0.3 is 20.1 Å². The van der Waals surface area contributed by atoms with Crippen molar-refractivity contribution in [2.45, 2.75) is 25.4 Å². The number of urea groups is 1. The number of anilines is 1. The highest BCUT2D eigenvalue weighted by molar-refractivity contribution is 6.33. The van der Waals surface area contributed by atoms with E-state index in [-0.39, 0.29) is 12.1 Å². The Labute approximate surface area is 146 Å². The van der Waals surface area contributed by atoms with Crippen molar-refractivity contribution in [3.63, 3.8) is 0 Å². The molecule has 1 aliphatic heterocycles. The number of nitrogens with zero attached hydrogens (tertiary/aromatic N) is 3. The van der Waals surface area contributed by atoms with Gasteiger partial charge in [0, 0.05) is 38.6 Å². The first-order valence-electron chi connectivity index (χ1n) is 8.13. The Hall–Kier alpha value is -2.21. The number of amides is 2. The molecule has 7 heteroatoms. The second-order valence-electron chi connectivity index (χ2n) is 6.02. The zero-order valence-electron chi connectivity index (χ0n) is 13.7. The van der Waals surface area contributed by atoms with Gasteiger partial charge in [0.1, 0.15) is 5.82 Å². The molecule has 1 aliphatic rings. The number of aromatic nitrogens is 2. The number of rotatable bonds is 4. The maximum Gasteiger partial charge on any atom is 0.315 e. The lowest BCUT2D eigenvalue weighted by Crippen LogP contribution is -2.50. The van der Waals surface area contributed by atoms with Crippen LogP contribution in [0.2, 0.25) is 5.02 Å². The van der Waals surface area contributed by atoms with Crippen LogP contribution < -0.4 is 15.5 Å². The number of halogens is 1. The minimum absolute atomic E-state index is 0.108. The van der Waals surface area contributed by atoms with E-state index in [1.165, 1.54) is 0 Å². The quantitative estimate of drug-likeness (QED) is 0.893. The van der Waals surface area contributed by atoms with Crippen molar-refractivity contribution in [3.8, 4) is 0 Å². The van der Waals surface area contributed by atoms with Gasteiger partial charge in [0.2, 0.25) is 0 Å². The molecule has 3 rings (SSSR count). The summed E-state index contributed by atoms with van der Waals surface area (Å²) in [5, 5.41) is 6.66. The predicted octanol–water partition coefficient (Wildman–Crippen LogP) is 2.54. The Balaban J connectivity index is 1.52. The topological polar surface area (TPSA) is 62.2 Å². The van der Waals surface area contributed by atoms with E-state index in [2.05, 4.69) is 20.5 Å². The molecule has 2 aromatic rings. The van der Waals surface area contributed by atoms with E-state index in [1.54, 1.807) is 6.20 Å². The highest BCUT2D eigenvalue weighted by Crippen LogP contribution is 2.27. The molecule has 0 unspecified atom stereocenters. The third kappa shape index (κ3) is 4.00. The monoisotopic (exact) mass is 347 g/mol. The molecule has 1 saturated heterocycles. The Kier molecular flexibility index (Phi) is 5.25. The molecule has 128 valence electrons. The minimum atomic E-state index is -0.163. The van der Waals surface area contributed by atoms with Crippen LogP contribution in [-0.4, -0.2) is 34.7 Å². The van der Waals surface area contributed by atoms with Gasteiger partial charge in [0.25, 0.3) is 0 Å². The molecule has 2 heterocycles. The molecule has 0 aliphatic carbocycles. The maximum atomic E-state index is 12.1. The van der Waals surface area contributed by atoms with Crippen LogP contribution in [0, 0.1) is 0 Å². The SMILES string of the molecule is Cn1ccnc1CNC(=O)N[C@@H]1CCCN(c2ccccc2Cl)C1. The second-order valence-corrected chi connectivity index (χ2v) is 6.43.